The highest BCUT2D eigenvalue weighted by Gasteiger charge is 2.30. The average molecular weight is 613 g/mol. The van der Waals surface area contributed by atoms with Crippen LogP contribution in [-0.2, 0) is 17.9 Å². The average Bonchev–Trinajstić information content (AvgIpc) is 3.57. The Labute approximate surface area is 255 Å². The fourth-order valence-corrected chi connectivity index (χ4v) is 6.30. The van der Waals surface area contributed by atoms with E-state index in [9.17, 15) is 19.5 Å². The predicted molar refractivity (Wildman–Crippen MR) is 162 cm³/mol. The van der Waals surface area contributed by atoms with E-state index in [4.69, 9.17) is 10.5 Å². The number of nitrogens with zero attached hydrogens (tertiary/aromatic N) is 6. The van der Waals surface area contributed by atoms with Crippen molar-refractivity contribution in [2.24, 2.45) is 0 Å². The zero-order valence-electron chi connectivity index (χ0n) is 24.0. The number of likely N-dealkylation sites (tertiary alicyclic amines) is 1. The van der Waals surface area contributed by atoms with Crippen LogP contribution in [0.15, 0.2) is 65.7 Å². The van der Waals surface area contributed by atoms with Crippen molar-refractivity contribution in [3.05, 3.63) is 94.0 Å². The van der Waals surface area contributed by atoms with Gasteiger partial charge >= 0.3 is 6.09 Å². The molecule has 0 radical (unpaired) electrons. The Morgan fingerprint density at radius 1 is 1.04 bits per heavy atom. The number of halogens is 1. The molecule has 230 valence electrons. The number of para-hydroxylation sites is 1. The predicted octanol–water partition coefficient (Wildman–Crippen LogP) is 3.71. The number of carbonyl (C=O) groups excluding carboxylic acids is 1. The molecule has 2 aromatic carbocycles. The molecule has 1 saturated heterocycles. The van der Waals surface area contributed by atoms with Gasteiger partial charge in [0.15, 0.2) is 5.82 Å². The first-order chi connectivity index (χ1) is 21.8. The van der Waals surface area contributed by atoms with Gasteiger partial charge in [-0.25, -0.2) is 23.4 Å². The molecule has 7 rings (SSSR count). The number of rotatable bonds is 5. The Bertz CT molecular complexity index is 2010. The second-order valence-electron chi connectivity index (χ2n) is 11.0. The minimum atomic E-state index is -0.956. The van der Waals surface area contributed by atoms with Gasteiger partial charge in [-0.05, 0) is 49.2 Å². The van der Waals surface area contributed by atoms with Gasteiger partial charge in [0.05, 0.1) is 31.1 Å². The van der Waals surface area contributed by atoms with Gasteiger partial charge in [0.25, 0.3) is 11.5 Å². The third-order valence-corrected chi connectivity index (χ3v) is 8.47. The summed E-state index contributed by atoms with van der Waals surface area (Å²) < 4.78 is 26.2. The van der Waals surface area contributed by atoms with Gasteiger partial charge in [0, 0.05) is 41.5 Å². The van der Waals surface area contributed by atoms with Crippen LogP contribution in [0, 0.1) is 5.82 Å². The van der Waals surface area contributed by atoms with Crippen LogP contribution in [0.3, 0.4) is 0 Å². The standard InChI is InChI=1S/C31H29FN8O5/c32-23-14-19(36-29(41)26-25-16-45-13-12-38(25)40(30(26)42)20-4-2-1-3-5-20)6-7-21(23)22-15-24(39-27(22)28(33)34-17-35-39)18-8-10-37(11-9-18)31(43)44/h1-7,14-15,17-18H,8-13,16H2,(H,36,41)(H,43,44)(H2,33,34,35). The third kappa shape index (κ3) is 4.88. The van der Waals surface area contributed by atoms with Crippen LogP contribution < -0.4 is 16.6 Å². The number of anilines is 2. The normalized spacial score (nSPS) is 15.3. The molecule has 0 atom stereocenters. The number of benzene rings is 2. The van der Waals surface area contributed by atoms with Gasteiger partial charge in [-0.3, -0.25) is 14.3 Å². The topological polar surface area (TPSA) is 162 Å². The van der Waals surface area contributed by atoms with E-state index < -0.39 is 23.4 Å². The first-order valence-electron chi connectivity index (χ1n) is 14.5. The van der Waals surface area contributed by atoms with Crippen molar-refractivity contribution in [1.82, 2.24) is 28.9 Å². The largest absolute Gasteiger partial charge is 0.465 e. The number of nitrogen functional groups attached to an aromatic ring is 1. The molecule has 0 saturated carbocycles. The Balaban J connectivity index is 1.21. The van der Waals surface area contributed by atoms with Gasteiger partial charge in [-0.15, -0.1) is 0 Å². The van der Waals surface area contributed by atoms with Crippen molar-refractivity contribution >= 4 is 29.0 Å². The van der Waals surface area contributed by atoms with Crippen LogP contribution in [0.2, 0.25) is 0 Å². The number of hydrogen-bond acceptors (Lipinski definition) is 7. The Kier molecular flexibility index (Phi) is 7.04. The van der Waals surface area contributed by atoms with Gasteiger partial charge in [-0.2, -0.15) is 5.10 Å². The first-order valence-corrected chi connectivity index (χ1v) is 14.5. The van der Waals surface area contributed by atoms with E-state index in [0.29, 0.717) is 61.5 Å². The maximum atomic E-state index is 15.8. The molecule has 4 N–H and O–H groups in total. The van der Waals surface area contributed by atoms with Crippen LogP contribution in [-0.4, -0.2) is 65.7 Å². The summed E-state index contributed by atoms with van der Waals surface area (Å²) in [5.74, 6) is -1.14. The fraction of sp³-hybridized carbons (Fsp3) is 0.258. The molecule has 45 heavy (non-hydrogen) atoms. The van der Waals surface area contributed by atoms with Gasteiger partial charge in [-0.1, -0.05) is 18.2 Å². The fourth-order valence-electron chi connectivity index (χ4n) is 6.30. The molecule has 2 aliphatic rings. The third-order valence-electron chi connectivity index (χ3n) is 8.47. The zero-order chi connectivity index (χ0) is 31.2. The van der Waals surface area contributed by atoms with Crippen molar-refractivity contribution in [1.29, 1.82) is 0 Å². The van der Waals surface area contributed by atoms with E-state index in [0.717, 1.165) is 5.69 Å². The second-order valence-corrected chi connectivity index (χ2v) is 11.0. The summed E-state index contributed by atoms with van der Waals surface area (Å²) in [6, 6.07) is 15.1. The van der Waals surface area contributed by atoms with Crippen molar-refractivity contribution in [2.75, 3.05) is 30.7 Å². The number of amides is 2. The van der Waals surface area contributed by atoms with E-state index in [1.807, 2.05) is 24.3 Å². The number of carbonyl (C=O) groups is 2. The Hall–Kier alpha value is -5.50. The van der Waals surface area contributed by atoms with Gasteiger partial charge in [0.2, 0.25) is 0 Å². The van der Waals surface area contributed by atoms with Crippen molar-refractivity contribution in [2.45, 2.75) is 31.9 Å². The molecule has 14 heteroatoms. The summed E-state index contributed by atoms with van der Waals surface area (Å²) in [4.78, 5) is 43.9. The Morgan fingerprint density at radius 2 is 1.82 bits per heavy atom. The molecule has 2 amide bonds. The summed E-state index contributed by atoms with van der Waals surface area (Å²) in [6.07, 6.45) is 1.53. The number of nitrogens with one attached hydrogen (secondary N) is 1. The molecule has 2 aliphatic heterocycles. The van der Waals surface area contributed by atoms with E-state index in [1.54, 1.807) is 27.4 Å². The molecular weight excluding hydrogens is 583 g/mol. The summed E-state index contributed by atoms with van der Waals surface area (Å²) in [7, 11) is 0. The maximum absolute atomic E-state index is 15.8. The van der Waals surface area contributed by atoms with Gasteiger partial charge in [0.1, 0.15) is 23.2 Å². The highest BCUT2D eigenvalue weighted by Crippen LogP contribution is 2.38. The lowest BCUT2D eigenvalue weighted by molar-refractivity contribution is 0.0756. The van der Waals surface area contributed by atoms with Crippen molar-refractivity contribution < 1.29 is 23.8 Å². The lowest BCUT2D eigenvalue weighted by Gasteiger charge is -2.29. The number of fused-ring (bicyclic) bond motifs is 2. The lowest BCUT2D eigenvalue weighted by Crippen LogP contribution is -2.37. The number of carboxylic acid groups (broad SMARTS) is 1. The molecule has 5 heterocycles. The highest BCUT2D eigenvalue weighted by molar-refractivity contribution is 6.05. The number of hydrogen-bond donors (Lipinski definition) is 3. The van der Waals surface area contributed by atoms with Crippen molar-refractivity contribution in [3.63, 3.8) is 0 Å². The molecule has 5 aromatic rings. The van der Waals surface area contributed by atoms with Crippen LogP contribution in [0.25, 0.3) is 22.3 Å². The quantitative estimate of drug-likeness (QED) is 0.271. The van der Waals surface area contributed by atoms with Crippen LogP contribution in [0.1, 0.15) is 40.5 Å². The molecule has 0 unspecified atom stereocenters. The Morgan fingerprint density at radius 3 is 2.56 bits per heavy atom. The van der Waals surface area contributed by atoms with Crippen molar-refractivity contribution in [3.8, 4) is 16.8 Å². The molecule has 13 nitrogen and oxygen atoms in total. The zero-order valence-corrected chi connectivity index (χ0v) is 24.0. The summed E-state index contributed by atoms with van der Waals surface area (Å²) in [5.41, 5.74) is 8.84. The van der Waals surface area contributed by atoms with E-state index in [-0.39, 0.29) is 35.2 Å². The molecular formula is C31H29FN8O5. The molecule has 3 aromatic heterocycles. The minimum absolute atomic E-state index is 0.0185. The smallest absolute Gasteiger partial charge is 0.407 e. The SMILES string of the molecule is Nc1ncnn2c(C3CCN(C(=O)O)CC3)cc(-c3ccc(NC(=O)c4c5n(n(-c6ccccc6)c4=O)CCOC5)cc3F)c12. The maximum Gasteiger partial charge on any atom is 0.407 e. The molecule has 0 spiro atoms. The van der Waals surface area contributed by atoms with E-state index in [1.165, 1.54) is 28.0 Å². The highest BCUT2D eigenvalue weighted by atomic mass is 19.1. The summed E-state index contributed by atoms with van der Waals surface area (Å²) in [6.45, 7) is 1.64. The van der Waals surface area contributed by atoms with Crippen LogP contribution >= 0.6 is 0 Å². The number of aromatic nitrogens is 5. The number of piperidine rings is 1. The summed E-state index contributed by atoms with van der Waals surface area (Å²) in [5, 5.41) is 16.4. The second kappa shape index (κ2) is 11.2. The van der Waals surface area contributed by atoms with E-state index >= 15 is 4.39 Å². The lowest BCUT2D eigenvalue weighted by atomic mass is 9.93. The number of nitrogens with two attached hydrogens (primary N) is 1. The minimum Gasteiger partial charge on any atom is -0.465 e. The molecule has 0 aliphatic carbocycles. The molecule has 0 bridgehead atoms. The first kappa shape index (κ1) is 28.3. The molecule has 1 fully saturated rings. The van der Waals surface area contributed by atoms with Gasteiger partial charge < -0.3 is 25.8 Å². The summed E-state index contributed by atoms with van der Waals surface area (Å²) >= 11 is 0. The van der Waals surface area contributed by atoms with Crippen LogP contribution in [0.4, 0.5) is 20.7 Å². The number of ether oxygens (including phenoxy) is 1. The monoisotopic (exact) mass is 612 g/mol. The van der Waals surface area contributed by atoms with E-state index in [2.05, 4.69) is 15.4 Å². The van der Waals surface area contributed by atoms with Crippen LogP contribution in [0.5, 0.6) is 0 Å².